The molecule has 0 aromatic carbocycles. The Kier molecular flexibility index (Phi) is 4.17. The molecule has 0 fully saturated rings. The molecule has 68 valence electrons. The standard InChI is InChI=1S/C10H24Ge/c1-7-11(8-2,9-3)10(4,5)6/h7-9H2,1-6H3. The van der Waals surface area contributed by atoms with Crippen molar-refractivity contribution in [1.82, 2.24) is 0 Å². The molecular formula is C10H24Ge. The van der Waals surface area contributed by atoms with Crippen molar-refractivity contribution in [3.05, 3.63) is 0 Å². The van der Waals surface area contributed by atoms with Crippen LogP contribution in [0.1, 0.15) is 41.5 Å². The molecule has 0 aliphatic carbocycles. The van der Waals surface area contributed by atoms with Gasteiger partial charge in [0.15, 0.2) is 0 Å². The van der Waals surface area contributed by atoms with Gasteiger partial charge in [-0.1, -0.05) is 0 Å². The van der Waals surface area contributed by atoms with Gasteiger partial charge in [-0.15, -0.1) is 0 Å². The third-order valence-electron chi connectivity index (χ3n) is 3.62. The van der Waals surface area contributed by atoms with E-state index < -0.39 is 13.3 Å². The molecule has 0 aliphatic heterocycles. The molecule has 0 saturated heterocycles. The molecule has 0 heterocycles. The van der Waals surface area contributed by atoms with Crippen LogP contribution in [0.15, 0.2) is 0 Å². The molecule has 0 nitrogen and oxygen atoms in total. The quantitative estimate of drug-likeness (QED) is 0.618. The maximum atomic E-state index is 2.45. The first kappa shape index (κ1) is 11.5. The molecule has 0 amide bonds. The molecule has 11 heavy (non-hydrogen) atoms. The molecule has 0 rings (SSSR count). The molecule has 0 unspecified atom stereocenters. The SMILES string of the molecule is C[CH2][Ge]([CH2]C)([CH2]C)[C](C)(C)C. The monoisotopic (exact) mass is 218 g/mol. The summed E-state index contributed by atoms with van der Waals surface area (Å²) in [5, 5.41) is 4.49. The van der Waals surface area contributed by atoms with Crippen molar-refractivity contribution in [2.75, 3.05) is 0 Å². The molecule has 0 radical (unpaired) electrons. The zero-order chi connectivity index (χ0) is 9.12. The summed E-state index contributed by atoms with van der Waals surface area (Å²) in [5.41, 5.74) is 0. The predicted octanol–water partition coefficient (Wildman–Crippen LogP) is 4.30. The van der Waals surface area contributed by atoms with Gasteiger partial charge in [0.25, 0.3) is 0 Å². The molecule has 0 N–H and O–H groups in total. The summed E-state index contributed by atoms with van der Waals surface area (Å²) in [6.45, 7) is 14.5. The second-order valence-corrected chi connectivity index (χ2v) is 17.6. The van der Waals surface area contributed by atoms with Crippen LogP contribution in [-0.2, 0) is 0 Å². The Morgan fingerprint density at radius 1 is 0.818 bits per heavy atom. The molecule has 0 saturated carbocycles. The van der Waals surface area contributed by atoms with Gasteiger partial charge in [0.1, 0.15) is 0 Å². The minimum atomic E-state index is -1.44. The van der Waals surface area contributed by atoms with Crippen LogP contribution >= 0.6 is 0 Å². The Balaban J connectivity index is 4.54. The Labute approximate surface area is 75.1 Å². The van der Waals surface area contributed by atoms with E-state index in [0.29, 0.717) is 4.25 Å². The van der Waals surface area contributed by atoms with E-state index in [9.17, 15) is 0 Å². The van der Waals surface area contributed by atoms with Crippen molar-refractivity contribution < 1.29 is 0 Å². The summed E-state index contributed by atoms with van der Waals surface area (Å²) in [5.74, 6) is 0. The van der Waals surface area contributed by atoms with Gasteiger partial charge in [0.05, 0.1) is 0 Å². The molecular weight excluding hydrogens is 193 g/mol. The van der Waals surface area contributed by atoms with Crippen LogP contribution in [0.4, 0.5) is 0 Å². The van der Waals surface area contributed by atoms with Crippen molar-refractivity contribution in [2.45, 2.75) is 61.5 Å². The number of hydrogen-bond acceptors (Lipinski definition) is 0. The fourth-order valence-electron chi connectivity index (χ4n) is 2.34. The summed E-state index contributed by atoms with van der Waals surface area (Å²) in [6.07, 6.45) is 0. The van der Waals surface area contributed by atoms with Gasteiger partial charge in [-0.05, 0) is 0 Å². The summed E-state index contributed by atoms with van der Waals surface area (Å²) in [4.78, 5) is 0. The molecule has 0 aromatic heterocycles. The fourth-order valence-corrected chi connectivity index (χ4v) is 12.2. The van der Waals surface area contributed by atoms with Crippen LogP contribution in [-0.4, -0.2) is 13.3 Å². The van der Waals surface area contributed by atoms with Gasteiger partial charge in [-0.25, -0.2) is 0 Å². The van der Waals surface area contributed by atoms with Crippen LogP contribution in [0.25, 0.3) is 0 Å². The molecule has 0 atom stereocenters. The Bertz CT molecular complexity index is 98.3. The van der Waals surface area contributed by atoms with E-state index in [-0.39, 0.29) is 0 Å². The van der Waals surface area contributed by atoms with Crippen molar-refractivity contribution in [2.24, 2.45) is 0 Å². The van der Waals surface area contributed by atoms with Gasteiger partial charge < -0.3 is 0 Å². The second-order valence-electron chi connectivity index (χ2n) is 4.59. The molecule has 0 aliphatic rings. The van der Waals surface area contributed by atoms with Crippen molar-refractivity contribution in [3.8, 4) is 0 Å². The normalized spacial score (nSPS) is 13.6. The van der Waals surface area contributed by atoms with Gasteiger partial charge in [-0.3, -0.25) is 0 Å². The second kappa shape index (κ2) is 3.97. The molecule has 0 spiro atoms. The van der Waals surface area contributed by atoms with Crippen molar-refractivity contribution in [3.63, 3.8) is 0 Å². The van der Waals surface area contributed by atoms with E-state index in [4.69, 9.17) is 0 Å². The minimum absolute atomic E-state index is 0.651. The van der Waals surface area contributed by atoms with E-state index in [2.05, 4.69) is 41.5 Å². The van der Waals surface area contributed by atoms with Crippen LogP contribution < -0.4 is 0 Å². The Morgan fingerprint density at radius 2 is 1.09 bits per heavy atom. The van der Waals surface area contributed by atoms with E-state index >= 15 is 0 Å². The van der Waals surface area contributed by atoms with E-state index in [1.54, 1.807) is 0 Å². The van der Waals surface area contributed by atoms with Crippen molar-refractivity contribution >= 4 is 13.3 Å². The Morgan fingerprint density at radius 3 is 1.09 bits per heavy atom. The van der Waals surface area contributed by atoms with Crippen LogP contribution in [0.2, 0.25) is 20.0 Å². The first-order chi connectivity index (χ1) is 4.93. The zero-order valence-electron chi connectivity index (χ0n) is 9.12. The predicted molar refractivity (Wildman–Crippen MR) is 56.9 cm³/mol. The van der Waals surface area contributed by atoms with Gasteiger partial charge in [0.2, 0.25) is 0 Å². The molecule has 1 heteroatoms. The van der Waals surface area contributed by atoms with Gasteiger partial charge >= 0.3 is 74.8 Å². The molecule has 0 bridgehead atoms. The summed E-state index contributed by atoms with van der Waals surface area (Å²) >= 11 is -1.44. The number of hydrogen-bond donors (Lipinski definition) is 0. The third kappa shape index (κ3) is 2.24. The summed E-state index contributed by atoms with van der Waals surface area (Å²) < 4.78 is 0.651. The molecule has 0 aromatic rings. The van der Waals surface area contributed by atoms with Crippen LogP contribution in [0.3, 0.4) is 0 Å². The third-order valence-corrected chi connectivity index (χ3v) is 18.8. The van der Waals surface area contributed by atoms with Gasteiger partial charge in [-0.2, -0.15) is 0 Å². The maximum absolute atomic E-state index is 2.45. The van der Waals surface area contributed by atoms with E-state index in [1.807, 2.05) is 0 Å². The topological polar surface area (TPSA) is 0 Å². The number of rotatable bonds is 3. The first-order valence-electron chi connectivity index (χ1n) is 4.93. The van der Waals surface area contributed by atoms with Gasteiger partial charge in [0, 0.05) is 0 Å². The average molecular weight is 217 g/mol. The van der Waals surface area contributed by atoms with Crippen LogP contribution in [0, 0.1) is 0 Å². The average Bonchev–Trinajstić information content (AvgIpc) is 1.90. The summed E-state index contributed by atoms with van der Waals surface area (Å²) in [6, 6.07) is 0. The Hall–Kier alpha value is 0.543. The fraction of sp³-hybridized carbons (Fsp3) is 1.00. The van der Waals surface area contributed by atoms with Crippen molar-refractivity contribution in [1.29, 1.82) is 0 Å². The van der Waals surface area contributed by atoms with Crippen LogP contribution in [0.5, 0.6) is 0 Å². The van der Waals surface area contributed by atoms with E-state index in [1.165, 1.54) is 15.8 Å². The zero-order valence-corrected chi connectivity index (χ0v) is 11.2. The summed E-state index contributed by atoms with van der Waals surface area (Å²) in [7, 11) is 0. The first-order valence-corrected chi connectivity index (χ1v) is 10.4. The van der Waals surface area contributed by atoms with E-state index in [0.717, 1.165) is 0 Å².